The van der Waals surface area contributed by atoms with Gasteiger partial charge in [0.05, 0.1) is 0 Å². The molecule has 2 atom stereocenters. The van der Waals surface area contributed by atoms with E-state index in [2.05, 4.69) is 98.4 Å². The van der Waals surface area contributed by atoms with E-state index in [1.807, 2.05) is 0 Å². The second-order valence-electron chi connectivity index (χ2n) is 8.42. The molecular formula is C22H28OSeSi2. The van der Waals surface area contributed by atoms with E-state index in [-0.39, 0.29) is 6.10 Å². The topological polar surface area (TPSA) is 9.23 Å². The standard InChI is InChI=1S/C22H28OSeSi2/c1-25(2,3)15-16-26(4,5)23-21-17-18-11-9-10-14-20(18)22(21)24-19-12-7-6-8-13-19/h6-14,21-22H,17H2,1-5H3/t21-,22-/m1/s1. The van der Waals surface area contributed by atoms with Gasteiger partial charge in [0.15, 0.2) is 0 Å². The zero-order valence-electron chi connectivity index (χ0n) is 16.4. The predicted molar refractivity (Wildman–Crippen MR) is 118 cm³/mol. The number of rotatable bonds is 4. The number of benzene rings is 2. The van der Waals surface area contributed by atoms with Gasteiger partial charge >= 0.3 is 167 Å². The predicted octanol–water partition coefficient (Wildman–Crippen LogP) is 4.32. The van der Waals surface area contributed by atoms with Crippen LogP contribution in [0.15, 0.2) is 54.6 Å². The van der Waals surface area contributed by atoms with Crippen molar-refractivity contribution in [1.82, 2.24) is 0 Å². The first-order chi connectivity index (χ1) is 12.2. The van der Waals surface area contributed by atoms with Crippen LogP contribution in [0.1, 0.15) is 15.9 Å². The van der Waals surface area contributed by atoms with Crippen LogP contribution in [0.2, 0.25) is 32.7 Å². The van der Waals surface area contributed by atoms with Gasteiger partial charge in [-0.1, -0.05) is 0 Å². The third-order valence-corrected chi connectivity index (χ3v) is 9.90. The Morgan fingerprint density at radius 1 is 0.885 bits per heavy atom. The van der Waals surface area contributed by atoms with E-state index >= 15 is 0 Å². The Morgan fingerprint density at radius 3 is 2.23 bits per heavy atom. The first-order valence-electron chi connectivity index (χ1n) is 9.25. The third kappa shape index (κ3) is 5.22. The Balaban J connectivity index is 1.84. The summed E-state index contributed by atoms with van der Waals surface area (Å²) < 4.78 is 8.21. The molecule has 0 aliphatic heterocycles. The molecule has 1 nitrogen and oxygen atoms in total. The van der Waals surface area contributed by atoms with Crippen LogP contribution in [0.4, 0.5) is 0 Å². The van der Waals surface area contributed by atoms with Crippen LogP contribution in [0.25, 0.3) is 0 Å². The minimum absolute atomic E-state index is 0.269. The Bertz CT molecular complexity index is 815. The fourth-order valence-corrected chi connectivity index (χ4v) is 9.78. The fraction of sp³-hybridized carbons (Fsp3) is 0.364. The van der Waals surface area contributed by atoms with Gasteiger partial charge in [-0.15, -0.1) is 0 Å². The maximum atomic E-state index is 6.76. The fourth-order valence-electron chi connectivity index (χ4n) is 3.16. The molecule has 0 bridgehead atoms. The SMILES string of the molecule is C[Si](C)(C)C#C[Si](C)(C)O[C@@H]1Cc2ccccc2[C@H]1[Se]c1ccccc1. The molecule has 0 aromatic heterocycles. The monoisotopic (exact) mass is 444 g/mol. The molecule has 26 heavy (non-hydrogen) atoms. The molecule has 0 saturated carbocycles. The van der Waals surface area contributed by atoms with E-state index in [0.29, 0.717) is 19.8 Å². The zero-order valence-corrected chi connectivity index (χ0v) is 20.1. The molecular weight excluding hydrogens is 415 g/mol. The molecule has 0 unspecified atom stereocenters. The summed E-state index contributed by atoms with van der Waals surface area (Å²) in [4.78, 5) is 0.488. The van der Waals surface area contributed by atoms with Gasteiger partial charge in [-0.3, -0.25) is 0 Å². The molecule has 1 aliphatic rings. The molecule has 0 amide bonds. The van der Waals surface area contributed by atoms with Crippen molar-refractivity contribution >= 4 is 35.8 Å². The molecule has 0 spiro atoms. The number of hydrogen-bond donors (Lipinski definition) is 0. The first kappa shape index (κ1) is 19.7. The van der Waals surface area contributed by atoms with Gasteiger partial charge in [0, 0.05) is 0 Å². The molecule has 4 heteroatoms. The normalized spacial score (nSPS) is 19.6. The average molecular weight is 444 g/mol. The van der Waals surface area contributed by atoms with E-state index in [1.54, 1.807) is 0 Å². The molecule has 136 valence electrons. The maximum absolute atomic E-state index is 6.76. The Hall–Kier alpha value is -1.09. The van der Waals surface area contributed by atoms with Crippen LogP contribution >= 0.6 is 0 Å². The quantitative estimate of drug-likeness (QED) is 0.505. The van der Waals surface area contributed by atoms with Crippen molar-refractivity contribution < 1.29 is 4.43 Å². The average Bonchev–Trinajstić information content (AvgIpc) is 2.90. The van der Waals surface area contributed by atoms with Crippen molar-refractivity contribution in [3.63, 3.8) is 0 Å². The molecule has 1 aliphatic carbocycles. The summed E-state index contributed by atoms with van der Waals surface area (Å²) >= 11 is 0.370. The van der Waals surface area contributed by atoms with Crippen LogP contribution in [-0.4, -0.2) is 37.5 Å². The molecule has 0 radical (unpaired) electrons. The van der Waals surface area contributed by atoms with Gasteiger partial charge in [-0.2, -0.15) is 0 Å². The third-order valence-electron chi connectivity index (χ3n) is 4.31. The zero-order chi connectivity index (χ0) is 18.8. The molecule has 0 N–H and O–H groups in total. The summed E-state index contributed by atoms with van der Waals surface area (Å²) in [6.07, 6.45) is 1.30. The van der Waals surface area contributed by atoms with E-state index in [9.17, 15) is 0 Å². The number of fused-ring (bicyclic) bond motifs is 1. The van der Waals surface area contributed by atoms with Gasteiger partial charge in [-0.25, -0.2) is 0 Å². The van der Waals surface area contributed by atoms with Gasteiger partial charge in [0.1, 0.15) is 0 Å². The molecule has 2 aromatic rings. The Labute approximate surface area is 166 Å². The van der Waals surface area contributed by atoms with Crippen molar-refractivity contribution in [2.45, 2.75) is 50.1 Å². The molecule has 3 rings (SSSR count). The van der Waals surface area contributed by atoms with E-state index in [1.165, 1.54) is 15.6 Å². The van der Waals surface area contributed by atoms with Gasteiger partial charge in [0.2, 0.25) is 0 Å². The van der Waals surface area contributed by atoms with Crippen molar-refractivity contribution in [2.24, 2.45) is 0 Å². The minimum atomic E-state index is -1.99. The first-order valence-corrected chi connectivity index (χ1v) is 17.5. The van der Waals surface area contributed by atoms with Gasteiger partial charge in [0.25, 0.3) is 0 Å². The summed E-state index contributed by atoms with van der Waals surface area (Å²) in [7, 11) is -3.36. The second-order valence-corrected chi connectivity index (χ2v) is 19.2. The van der Waals surface area contributed by atoms with Crippen molar-refractivity contribution in [2.75, 3.05) is 0 Å². The van der Waals surface area contributed by atoms with E-state index < -0.39 is 16.4 Å². The van der Waals surface area contributed by atoms with Crippen LogP contribution in [0.3, 0.4) is 0 Å². The van der Waals surface area contributed by atoms with Crippen LogP contribution in [0, 0.1) is 11.1 Å². The van der Waals surface area contributed by atoms with Crippen LogP contribution < -0.4 is 4.46 Å². The van der Waals surface area contributed by atoms with Crippen LogP contribution in [-0.2, 0) is 10.8 Å². The number of hydrogen-bond acceptors (Lipinski definition) is 1. The summed E-state index contributed by atoms with van der Waals surface area (Å²) in [6.45, 7) is 11.4. The summed E-state index contributed by atoms with van der Waals surface area (Å²) in [6, 6.07) is 19.8. The molecule has 0 saturated heterocycles. The molecule has 0 heterocycles. The van der Waals surface area contributed by atoms with E-state index in [4.69, 9.17) is 4.43 Å². The second kappa shape index (κ2) is 7.88. The Kier molecular flexibility index (Phi) is 5.96. The summed E-state index contributed by atoms with van der Waals surface area (Å²) in [5, 5.41) is 0. The summed E-state index contributed by atoms with van der Waals surface area (Å²) in [5.41, 5.74) is 10.1. The van der Waals surface area contributed by atoms with Gasteiger partial charge < -0.3 is 0 Å². The van der Waals surface area contributed by atoms with Crippen LogP contribution in [0.5, 0.6) is 0 Å². The van der Waals surface area contributed by atoms with Crippen molar-refractivity contribution in [3.8, 4) is 11.1 Å². The van der Waals surface area contributed by atoms with Crippen molar-refractivity contribution in [3.05, 3.63) is 65.7 Å². The molecule has 0 fully saturated rings. The van der Waals surface area contributed by atoms with E-state index in [0.717, 1.165) is 6.42 Å². The van der Waals surface area contributed by atoms with Gasteiger partial charge in [-0.05, 0) is 0 Å². The molecule has 2 aromatic carbocycles. The Morgan fingerprint density at radius 2 is 1.54 bits per heavy atom. The van der Waals surface area contributed by atoms with Crippen molar-refractivity contribution in [1.29, 1.82) is 0 Å². The summed E-state index contributed by atoms with van der Waals surface area (Å²) in [5.74, 6) is 0.